The van der Waals surface area contributed by atoms with Crippen LogP contribution in [0.2, 0.25) is 0 Å². The van der Waals surface area contributed by atoms with Crippen LogP contribution in [0.15, 0.2) is 6.20 Å². The minimum absolute atomic E-state index is 0.0126. The summed E-state index contributed by atoms with van der Waals surface area (Å²) in [6, 6.07) is 0. The molecule has 0 unspecified atom stereocenters. The number of carboxylic acid groups (broad SMARTS) is 1. The Labute approximate surface area is 86.1 Å². The number of nitrogens with one attached hydrogen (secondary N) is 1. The van der Waals surface area contributed by atoms with E-state index in [4.69, 9.17) is 5.11 Å². The van der Waals surface area contributed by atoms with Gasteiger partial charge >= 0.3 is 5.97 Å². The second-order valence-electron chi connectivity index (χ2n) is 2.97. The largest absolute Gasteiger partial charge is 0.481 e. The summed E-state index contributed by atoms with van der Waals surface area (Å²) in [4.78, 5) is 21.2. The maximum Gasteiger partial charge on any atom is 0.303 e. The van der Waals surface area contributed by atoms with E-state index in [1.54, 1.807) is 6.20 Å². The van der Waals surface area contributed by atoms with Gasteiger partial charge in [-0.15, -0.1) is 5.10 Å². The van der Waals surface area contributed by atoms with Crippen molar-refractivity contribution < 1.29 is 14.7 Å². The van der Waals surface area contributed by atoms with Gasteiger partial charge in [-0.1, -0.05) is 5.21 Å². The van der Waals surface area contributed by atoms with Crippen LogP contribution in [0.1, 0.15) is 12.1 Å². The van der Waals surface area contributed by atoms with Gasteiger partial charge in [0.1, 0.15) is 6.54 Å². The molecule has 7 nitrogen and oxygen atoms in total. The summed E-state index contributed by atoms with van der Waals surface area (Å²) in [5.41, 5.74) is 0.571. The fraction of sp³-hybridized carbons (Fsp3) is 0.500. The summed E-state index contributed by atoms with van der Waals surface area (Å²) in [5, 5.41) is 18.3. The predicted octanol–water partition coefficient (Wildman–Crippen LogP) is -0.959. The zero-order valence-corrected chi connectivity index (χ0v) is 8.30. The van der Waals surface area contributed by atoms with Gasteiger partial charge < -0.3 is 10.4 Å². The Morgan fingerprint density at radius 2 is 2.33 bits per heavy atom. The number of rotatable bonds is 5. The quantitative estimate of drug-likeness (QED) is 0.655. The molecule has 2 N–H and O–H groups in total. The lowest BCUT2D eigenvalue weighted by molar-refractivity contribution is -0.137. The van der Waals surface area contributed by atoms with E-state index < -0.39 is 5.97 Å². The second kappa shape index (κ2) is 5.08. The Bertz CT molecular complexity index is 361. The van der Waals surface area contributed by atoms with Crippen LogP contribution in [0, 0.1) is 0 Å². The molecule has 0 fully saturated rings. The fourth-order valence-corrected chi connectivity index (χ4v) is 0.992. The van der Waals surface area contributed by atoms with Gasteiger partial charge in [-0.05, 0) is 0 Å². The molecule has 0 aliphatic heterocycles. The standard InChI is InChI=1S/C8H12N4O3/c1-9-7(13)5-12-4-6(10-11-12)2-3-8(14)15/h4H,2-3,5H2,1H3,(H,9,13)(H,14,15). The first-order valence-electron chi connectivity index (χ1n) is 4.43. The van der Waals surface area contributed by atoms with E-state index in [-0.39, 0.29) is 18.9 Å². The molecule has 0 saturated carbocycles. The topological polar surface area (TPSA) is 97.1 Å². The van der Waals surface area contributed by atoms with Crippen LogP contribution in [0.4, 0.5) is 0 Å². The number of aryl methyl sites for hydroxylation is 1. The lowest BCUT2D eigenvalue weighted by Gasteiger charge is -1.97. The second-order valence-corrected chi connectivity index (χ2v) is 2.97. The molecule has 0 aliphatic rings. The summed E-state index contributed by atoms with van der Waals surface area (Å²) >= 11 is 0. The third kappa shape index (κ3) is 3.75. The van der Waals surface area contributed by atoms with Crippen molar-refractivity contribution in [1.29, 1.82) is 0 Å². The molecule has 0 spiro atoms. The van der Waals surface area contributed by atoms with E-state index in [1.807, 2.05) is 0 Å². The number of aliphatic carboxylic acids is 1. The molecule has 15 heavy (non-hydrogen) atoms. The van der Waals surface area contributed by atoms with Crippen LogP contribution < -0.4 is 5.32 Å². The zero-order chi connectivity index (χ0) is 11.3. The minimum Gasteiger partial charge on any atom is -0.481 e. The van der Waals surface area contributed by atoms with Crippen LogP contribution in [-0.2, 0) is 22.6 Å². The van der Waals surface area contributed by atoms with Crippen LogP contribution in [0.25, 0.3) is 0 Å². The predicted molar refractivity (Wildman–Crippen MR) is 50.0 cm³/mol. The Balaban J connectivity index is 2.49. The third-order valence-electron chi connectivity index (χ3n) is 1.77. The molecule has 1 rings (SSSR count). The lowest BCUT2D eigenvalue weighted by Crippen LogP contribution is -2.23. The van der Waals surface area contributed by atoms with E-state index in [9.17, 15) is 9.59 Å². The highest BCUT2D eigenvalue weighted by molar-refractivity contribution is 5.75. The van der Waals surface area contributed by atoms with Gasteiger partial charge in [0.25, 0.3) is 0 Å². The molecule has 1 heterocycles. The summed E-state index contributed by atoms with van der Waals surface area (Å²) in [6.45, 7) is 0.0938. The van der Waals surface area contributed by atoms with E-state index in [1.165, 1.54) is 11.7 Å². The molecule has 82 valence electrons. The summed E-state index contributed by atoms with van der Waals surface area (Å²) in [5.74, 6) is -1.06. The number of likely N-dealkylation sites (N-methyl/N-ethyl adjacent to an activating group) is 1. The van der Waals surface area contributed by atoms with Crippen molar-refractivity contribution in [3.8, 4) is 0 Å². The van der Waals surface area contributed by atoms with Gasteiger partial charge in [-0.3, -0.25) is 9.59 Å². The molecule has 0 aromatic carbocycles. The number of nitrogens with zero attached hydrogens (tertiary/aromatic N) is 3. The van der Waals surface area contributed by atoms with Gasteiger partial charge in [0.2, 0.25) is 5.91 Å². The maximum absolute atomic E-state index is 11.0. The van der Waals surface area contributed by atoms with Crippen LogP contribution in [0.5, 0.6) is 0 Å². The molecular formula is C8H12N4O3. The molecule has 1 amide bonds. The van der Waals surface area contributed by atoms with Gasteiger partial charge in [-0.2, -0.15) is 0 Å². The maximum atomic E-state index is 11.0. The molecule has 0 saturated heterocycles. The van der Waals surface area contributed by atoms with Crippen molar-refractivity contribution in [2.75, 3.05) is 7.05 Å². The number of carboxylic acids is 1. The van der Waals surface area contributed by atoms with Crippen LogP contribution in [-0.4, -0.2) is 39.0 Å². The molecular weight excluding hydrogens is 200 g/mol. The monoisotopic (exact) mass is 212 g/mol. The first-order valence-corrected chi connectivity index (χ1v) is 4.43. The van der Waals surface area contributed by atoms with Crippen molar-refractivity contribution >= 4 is 11.9 Å². The molecule has 0 bridgehead atoms. The van der Waals surface area contributed by atoms with E-state index in [0.717, 1.165) is 0 Å². The van der Waals surface area contributed by atoms with Gasteiger partial charge in [0.05, 0.1) is 12.1 Å². The van der Waals surface area contributed by atoms with Crippen molar-refractivity contribution in [3.63, 3.8) is 0 Å². The molecule has 0 radical (unpaired) electrons. The molecule has 1 aromatic heterocycles. The van der Waals surface area contributed by atoms with Crippen molar-refractivity contribution in [3.05, 3.63) is 11.9 Å². The number of carbonyl (C=O) groups is 2. The highest BCUT2D eigenvalue weighted by Crippen LogP contribution is 1.97. The number of aromatic nitrogens is 3. The number of hydrogen-bond acceptors (Lipinski definition) is 4. The highest BCUT2D eigenvalue weighted by atomic mass is 16.4. The zero-order valence-electron chi connectivity index (χ0n) is 8.30. The minimum atomic E-state index is -0.879. The van der Waals surface area contributed by atoms with Gasteiger partial charge in [0.15, 0.2) is 0 Å². The Morgan fingerprint density at radius 3 is 2.93 bits per heavy atom. The molecule has 1 aromatic rings. The van der Waals surface area contributed by atoms with Crippen molar-refractivity contribution in [2.24, 2.45) is 0 Å². The average Bonchev–Trinajstić information content (AvgIpc) is 2.62. The normalized spacial score (nSPS) is 9.93. The van der Waals surface area contributed by atoms with E-state index >= 15 is 0 Å². The Hall–Kier alpha value is -1.92. The molecule has 7 heteroatoms. The van der Waals surface area contributed by atoms with E-state index in [0.29, 0.717) is 12.1 Å². The van der Waals surface area contributed by atoms with Crippen LogP contribution >= 0.6 is 0 Å². The smallest absolute Gasteiger partial charge is 0.303 e. The fourth-order valence-electron chi connectivity index (χ4n) is 0.992. The summed E-state index contributed by atoms with van der Waals surface area (Å²) in [7, 11) is 1.53. The summed E-state index contributed by atoms with van der Waals surface area (Å²) in [6.07, 6.45) is 1.90. The first kappa shape index (κ1) is 11.2. The number of carbonyl (C=O) groups excluding carboxylic acids is 1. The van der Waals surface area contributed by atoms with Gasteiger partial charge in [0, 0.05) is 19.7 Å². The number of hydrogen-bond donors (Lipinski definition) is 2. The highest BCUT2D eigenvalue weighted by Gasteiger charge is 2.05. The molecule has 0 atom stereocenters. The SMILES string of the molecule is CNC(=O)Cn1cc(CCC(=O)O)nn1. The number of amides is 1. The average molecular weight is 212 g/mol. The summed E-state index contributed by atoms with van der Waals surface area (Å²) < 4.78 is 1.37. The van der Waals surface area contributed by atoms with E-state index in [2.05, 4.69) is 15.6 Å². The first-order chi connectivity index (χ1) is 7.11. The van der Waals surface area contributed by atoms with Crippen molar-refractivity contribution in [1.82, 2.24) is 20.3 Å². The van der Waals surface area contributed by atoms with Gasteiger partial charge in [-0.25, -0.2) is 4.68 Å². The third-order valence-corrected chi connectivity index (χ3v) is 1.77. The van der Waals surface area contributed by atoms with Crippen LogP contribution in [0.3, 0.4) is 0 Å². The Kier molecular flexibility index (Phi) is 3.78. The lowest BCUT2D eigenvalue weighted by atomic mass is 10.2. The van der Waals surface area contributed by atoms with Crippen molar-refractivity contribution in [2.45, 2.75) is 19.4 Å². The Morgan fingerprint density at radius 1 is 1.60 bits per heavy atom. The molecule has 0 aliphatic carbocycles.